The van der Waals surface area contributed by atoms with Crippen molar-refractivity contribution in [2.45, 2.75) is 31.8 Å². The highest BCUT2D eigenvalue weighted by molar-refractivity contribution is 5.87. The van der Waals surface area contributed by atoms with Crippen molar-refractivity contribution in [3.05, 3.63) is 0 Å². The Morgan fingerprint density at radius 1 is 1.46 bits per heavy atom. The van der Waals surface area contributed by atoms with Gasteiger partial charge >= 0.3 is 0 Å². The third-order valence-electron chi connectivity index (χ3n) is 5.12. The highest BCUT2D eigenvalue weighted by atomic mass is 16.5. The Morgan fingerprint density at radius 3 is 3.31 bits per heavy atom. The fourth-order valence-electron chi connectivity index (χ4n) is 4.75. The number of ketones is 1. The first-order valence-electron chi connectivity index (χ1n) is 5.47. The summed E-state index contributed by atoms with van der Waals surface area (Å²) >= 11 is 0. The van der Waals surface area contributed by atoms with Gasteiger partial charge in [-0.05, 0) is 18.8 Å². The van der Waals surface area contributed by atoms with Gasteiger partial charge in [0.25, 0.3) is 0 Å². The summed E-state index contributed by atoms with van der Waals surface area (Å²) in [6, 6.07) is 0. The van der Waals surface area contributed by atoms with E-state index in [-0.39, 0.29) is 0 Å². The van der Waals surface area contributed by atoms with Gasteiger partial charge in [-0.3, -0.25) is 4.79 Å². The molecule has 0 radical (unpaired) electrons. The van der Waals surface area contributed by atoms with Crippen molar-refractivity contribution in [1.82, 2.24) is 0 Å². The van der Waals surface area contributed by atoms with E-state index < -0.39 is 0 Å². The van der Waals surface area contributed by atoms with Crippen molar-refractivity contribution >= 4 is 5.78 Å². The topological polar surface area (TPSA) is 26.3 Å². The third kappa shape index (κ3) is 0.541. The normalized spacial score (nSPS) is 62.0. The van der Waals surface area contributed by atoms with Crippen LogP contribution in [-0.4, -0.2) is 18.5 Å². The van der Waals surface area contributed by atoms with Crippen LogP contribution in [0.5, 0.6) is 0 Å². The van der Waals surface area contributed by atoms with Crippen LogP contribution < -0.4 is 0 Å². The van der Waals surface area contributed by atoms with Crippen molar-refractivity contribution in [3.8, 4) is 0 Å². The fourth-order valence-corrected chi connectivity index (χ4v) is 4.75. The molecule has 0 unspecified atom stereocenters. The molecule has 0 N–H and O–H groups in total. The van der Waals surface area contributed by atoms with Crippen LogP contribution in [0.2, 0.25) is 0 Å². The molecule has 1 spiro atoms. The van der Waals surface area contributed by atoms with E-state index in [0.29, 0.717) is 29.1 Å². The van der Waals surface area contributed by atoms with E-state index in [2.05, 4.69) is 0 Å². The zero-order valence-electron chi connectivity index (χ0n) is 7.66. The molecule has 0 aromatic rings. The quantitative estimate of drug-likeness (QED) is 0.560. The number of Topliss-reactive ketones (excluding diaryl/α,β-unsaturated/α-hetero) is 1. The lowest BCUT2D eigenvalue weighted by molar-refractivity contribution is -0.137. The maximum atomic E-state index is 11.7. The first kappa shape index (κ1) is 6.99. The zero-order chi connectivity index (χ0) is 8.63. The molecule has 70 valence electrons. The van der Waals surface area contributed by atoms with Gasteiger partial charge in [0.05, 0.1) is 12.7 Å². The Labute approximate surface area is 77.6 Å². The first-order chi connectivity index (χ1) is 6.33. The Morgan fingerprint density at radius 2 is 2.38 bits per heavy atom. The molecule has 2 heteroatoms. The number of ether oxygens (including phenoxy) is 1. The number of rotatable bonds is 0. The van der Waals surface area contributed by atoms with Gasteiger partial charge in [-0.25, -0.2) is 0 Å². The summed E-state index contributed by atoms with van der Waals surface area (Å²) in [4.78, 5) is 11.7. The van der Waals surface area contributed by atoms with Crippen LogP contribution in [0.1, 0.15) is 25.7 Å². The van der Waals surface area contributed by atoms with Crippen LogP contribution in [0.15, 0.2) is 0 Å². The molecule has 13 heavy (non-hydrogen) atoms. The average molecular weight is 178 g/mol. The molecule has 3 saturated carbocycles. The summed E-state index contributed by atoms with van der Waals surface area (Å²) in [6.45, 7) is 0.969. The van der Waals surface area contributed by atoms with E-state index in [1.807, 2.05) is 0 Å². The van der Waals surface area contributed by atoms with E-state index in [1.54, 1.807) is 0 Å². The minimum absolute atomic E-state index is 0.326. The van der Waals surface area contributed by atoms with Gasteiger partial charge in [-0.1, -0.05) is 6.42 Å². The number of hydrogen-bond donors (Lipinski definition) is 0. The Kier molecular flexibility index (Phi) is 0.997. The molecule has 1 heterocycles. The number of fused-ring (bicyclic) bond motifs is 1. The third-order valence-corrected chi connectivity index (χ3v) is 5.12. The van der Waals surface area contributed by atoms with E-state index in [9.17, 15) is 4.79 Å². The fraction of sp³-hybridized carbons (Fsp3) is 0.909. The van der Waals surface area contributed by atoms with Gasteiger partial charge in [0.1, 0.15) is 5.78 Å². The highest BCUT2D eigenvalue weighted by Gasteiger charge is 2.73. The van der Waals surface area contributed by atoms with Crippen LogP contribution >= 0.6 is 0 Å². The summed E-state index contributed by atoms with van der Waals surface area (Å²) in [7, 11) is 0. The van der Waals surface area contributed by atoms with Crippen molar-refractivity contribution in [2.75, 3.05) is 6.61 Å². The predicted octanol–water partition coefficient (Wildman–Crippen LogP) is 1.39. The standard InChI is InChI=1S/C11H14O2/c12-7-4-8-10-9(7)6-2-1-3-11(6,10)5-13-8/h6,8-10H,1-5H2/t6-,8-,9+,10-,11+/m0/s1. The minimum Gasteiger partial charge on any atom is -0.377 e. The smallest absolute Gasteiger partial charge is 0.139 e. The number of hydrogen-bond acceptors (Lipinski definition) is 2. The van der Waals surface area contributed by atoms with Crippen LogP contribution in [-0.2, 0) is 9.53 Å². The molecule has 1 aliphatic heterocycles. The Balaban J connectivity index is 1.84. The molecule has 0 bridgehead atoms. The van der Waals surface area contributed by atoms with Gasteiger partial charge < -0.3 is 4.74 Å². The van der Waals surface area contributed by atoms with Gasteiger partial charge in [-0.15, -0.1) is 0 Å². The van der Waals surface area contributed by atoms with Crippen LogP contribution in [0, 0.1) is 23.2 Å². The van der Waals surface area contributed by atoms with Gasteiger partial charge in [0.2, 0.25) is 0 Å². The van der Waals surface area contributed by atoms with Gasteiger partial charge in [-0.2, -0.15) is 0 Å². The summed E-state index contributed by atoms with van der Waals surface area (Å²) in [5.41, 5.74) is 0.488. The van der Waals surface area contributed by atoms with Crippen molar-refractivity contribution in [2.24, 2.45) is 23.2 Å². The van der Waals surface area contributed by atoms with Crippen molar-refractivity contribution in [3.63, 3.8) is 0 Å². The lowest BCUT2D eigenvalue weighted by Gasteiger charge is -2.51. The average Bonchev–Trinajstić information content (AvgIpc) is 2.63. The molecule has 1 saturated heterocycles. The van der Waals surface area contributed by atoms with Crippen LogP contribution in [0.3, 0.4) is 0 Å². The molecular weight excluding hydrogens is 164 g/mol. The SMILES string of the molecule is O=C1C[C@@H]2OC[C@]34CCC[C@H]3[C@H]1[C@H]24. The minimum atomic E-state index is 0.326. The molecule has 0 aromatic carbocycles. The molecule has 2 nitrogen and oxygen atoms in total. The van der Waals surface area contributed by atoms with Crippen LogP contribution in [0.25, 0.3) is 0 Å². The second-order valence-electron chi connectivity index (χ2n) is 5.30. The zero-order valence-corrected chi connectivity index (χ0v) is 7.66. The largest absolute Gasteiger partial charge is 0.377 e. The van der Waals surface area contributed by atoms with Crippen molar-refractivity contribution in [1.29, 1.82) is 0 Å². The number of carbonyl (C=O) groups is 1. The summed E-state index contributed by atoms with van der Waals surface area (Å²) in [6.07, 6.45) is 5.02. The monoisotopic (exact) mass is 178 g/mol. The molecule has 0 aromatic heterocycles. The molecule has 0 amide bonds. The lowest BCUT2D eigenvalue weighted by Crippen LogP contribution is -2.53. The van der Waals surface area contributed by atoms with Crippen LogP contribution in [0.4, 0.5) is 0 Å². The van der Waals surface area contributed by atoms with Gasteiger partial charge in [0.15, 0.2) is 0 Å². The highest BCUT2D eigenvalue weighted by Crippen LogP contribution is 2.72. The van der Waals surface area contributed by atoms with E-state index >= 15 is 0 Å². The molecule has 4 fully saturated rings. The summed E-state index contributed by atoms with van der Waals surface area (Å²) in [5, 5.41) is 0. The Hall–Kier alpha value is -0.370. The number of carbonyl (C=O) groups excluding carboxylic acids is 1. The lowest BCUT2D eigenvalue weighted by atomic mass is 9.50. The van der Waals surface area contributed by atoms with E-state index in [4.69, 9.17) is 4.74 Å². The molecule has 4 rings (SSSR count). The Bertz CT molecular complexity index is 298. The van der Waals surface area contributed by atoms with Crippen molar-refractivity contribution < 1.29 is 9.53 Å². The second-order valence-corrected chi connectivity index (χ2v) is 5.30. The summed E-state index contributed by atoms with van der Waals surface area (Å²) in [5.74, 6) is 2.30. The van der Waals surface area contributed by atoms with E-state index in [1.165, 1.54) is 19.3 Å². The maximum Gasteiger partial charge on any atom is 0.139 e. The molecule has 4 aliphatic rings. The van der Waals surface area contributed by atoms with E-state index in [0.717, 1.165) is 18.9 Å². The first-order valence-corrected chi connectivity index (χ1v) is 5.47. The second kappa shape index (κ2) is 1.85. The maximum absolute atomic E-state index is 11.7. The molecule has 3 aliphatic carbocycles. The van der Waals surface area contributed by atoms with Gasteiger partial charge in [0, 0.05) is 23.7 Å². The molecular formula is C11H14O2. The summed E-state index contributed by atoms with van der Waals surface area (Å²) < 4.78 is 5.79. The molecule has 5 atom stereocenters. The predicted molar refractivity (Wildman–Crippen MR) is 46.1 cm³/mol.